The van der Waals surface area contributed by atoms with Crippen molar-refractivity contribution in [3.05, 3.63) is 42.0 Å². The van der Waals surface area contributed by atoms with E-state index in [4.69, 9.17) is 19.2 Å². The predicted molar refractivity (Wildman–Crippen MR) is 118 cm³/mol. The third-order valence-corrected chi connectivity index (χ3v) is 5.81. The molecule has 3 aromatic rings. The number of carbonyl (C=O) groups is 1. The molecule has 0 radical (unpaired) electrons. The highest BCUT2D eigenvalue weighted by molar-refractivity contribution is 7.22. The van der Waals surface area contributed by atoms with Crippen LogP contribution in [0.25, 0.3) is 10.2 Å². The molecule has 0 fully saturated rings. The van der Waals surface area contributed by atoms with E-state index in [1.54, 1.807) is 4.90 Å². The number of likely N-dealkylation sites (N-methyl/N-ethyl adjacent to an activating group) is 1. The van der Waals surface area contributed by atoms with Crippen LogP contribution in [0.1, 0.15) is 12.5 Å². The standard InChI is InChI=1S/C22H25N3O4S/c1-4-27-17-6-5-7-19-21(17)23-22(30-19)25(11-10-24(2)3)20(26)13-15-8-9-16-18(12-15)29-14-28-16/h5-9,12H,4,10-11,13-14H2,1-3H3. The largest absolute Gasteiger partial charge is 0.492 e. The van der Waals surface area contributed by atoms with Crippen molar-refractivity contribution in [3.8, 4) is 17.2 Å². The summed E-state index contributed by atoms with van der Waals surface area (Å²) in [6.45, 7) is 4.03. The number of hydrogen-bond acceptors (Lipinski definition) is 7. The maximum atomic E-state index is 13.3. The molecule has 0 atom stereocenters. The molecule has 0 unspecified atom stereocenters. The molecule has 2 heterocycles. The number of anilines is 1. The van der Waals surface area contributed by atoms with Crippen molar-refractivity contribution < 1.29 is 19.0 Å². The second-order valence-corrected chi connectivity index (χ2v) is 8.25. The van der Waals surface area contributed by atoms with Gasteiger partial charge in [0.05, 0.1) is 17.7 Å². The van der Waals surface area contributed by atoms with E-state index in [9.17, 15) is 4.79 Å². The molecule has 0 N–H and O–H groups in total. The van der Waals surface area contributed by atoms with Crippen LogP contribution in [0.3, 0.4) is 0 Å². The van der Waals surface area contributed by atoms with Crippen LogP contribution in [0.4, 0.5) is 5.13 Å². The molecule has 1 aromatic heterocycles. The number of benzene rings is 2. The lowest BCUT2D eigenvalue weighted by Gasteiger charge is -2.22. The fraction of sp³-hybridized carbons (Fsp3) is 0.364. The molecular weight excluding hydrogens is 402 g/mol. The van der Waals surface area contributed by atoms with E-state index >= 15 is 0 Å². The Morgan fingerprint density at radius 3 is 2.80 bits per heavy atom. The molecule has 30 heavy (non-hydrogen) atoms. The average molecular weight is 428 g/mol. The maximum Gasteiger partial charge on any atom is 0.233 e. The van der Waals surface area contributed by atoms with Gasteiger partial charge in [0, 0.05) is 13.1 Å². The zero-order valence-electron chi connectivity index (χ0n) is 17.4. The van der Waals surface area contributed by atoms with Gasteiger partial charge in [0.15, 0.2) is 16.6 Å². The van der Waals surface area contributed by atoms with Crippen LogP contribution < -0.4 is 19.1 Å². The first kappa shape index (κ1) is 20.4. The Balaban J connectivity index is 1.61. The van der Waals surface area contributed by atoms with Crippen molar-refractivity contribution >= 4 is 32.6 Å². The van der Waals surface area contributed by atoms with Gasteiger partial charge < -0.3 is 19.1 Å². The van der Waals surface area contributed by atoms with E-state index in [0.717, 1.165) is 28.1 Å². The molecule has 8 heteroatoms. The van der Waals surface area contributed by atoms with E-state index < -0.39 is 0 Å². The third-order valence-electron chi connectivity index (χ3n) is 4.77. The number of para-hydroxylation sites is 1. The van der Waals surface area contributed by atoms with Crippen LogP contribution in [0, 0.1) is 0 Å². The van der Waals surface area contributed by atoms with Crippen LogP contribution in [0.15, 0.2) is 36.4 Å². The van der Waals surface area contributed by atoms with Crippen molar-refractivity contribution in [2.24, 2.45) is 0 Å². The highest BCUT2D eigenvalue weighted by Gasteiger charge is 2.22. The summed E-state index contributed by atoms with van der Waals surface area (Å²) in [6, 6.07) is 11.5. The van der Waals surface area contributed by atoms with Crippen molar-refractivity contribution in [3.63, 3.8) is 0 Å². The number of fused-ring (bicyclic) bond motifs is 2. The maximum absolute atomic E-state index is 13.3. The third kappa shape index (κ3) is 4.34. The molecule has 0 spiro atoms. The minimum Gasteiger partial charge on any atom is -0.492 e. The number of ether oxygens (including phenoxy) is 3. The van der Waals surface area contributed by atoms with Crippen LogP contribution in [0.2, 0.25) is 0 Å². The SMILES string of the molecule is CCOc1cccc2sc(N(CCN(C)C)C(=O)Cc3ccc4c(c3)OCO4)nc12. The Morgan fingerprint density at radius 1 is 1.17 bits per heavy atom. The Kier molecular flexibility index (Phi) is 6.06. The predicted octanol–water partition coefficient (Wildman–Crippen LogP) is 3.56. The lowest BCUT2D eigenvalue weighted by Crippen LogP contribution is -2.37. The van der Waals surface area contributed by atoms with Gasteiger partial charge in [-0.05, 0) is 50.8 Å². The first-order valence-corrected chi connectivity index (χ1v) is 10.7. The van der Waals surface area contributed by atoms with Gasteiger partial charge in [0.25, 0.3) is 0 Å². The van der Waals surface area contributed by atoms with Crippen LogP contribution >= 0.6 is 11.3 Å². The lowest BCUT2D eigenvalue weighted by atomic mass is 10.1. The number of carbonyl (C=O) groups excluding carboxylic acids is 1. The van der Waals surface area contributed by atoms with Crippen LogP contribution in [-0.2, 0) is 11.2 Å². The van der Waals surface area contributed by atoms with Crippen molar-refractivity contribution in [2.45, 2.75) is 13.3 Å². The fourth-order valence-electron chi connectivity index (χ4n) is 3.25. The molecule has 4 rings (SSSR count). The minimum absolute atomic E-state index is 0.00673. The number of aromatic nitrogens is 1. The summed E-state index contributed by atoms with van der Waals surface area (Å²) in [5, 5.41) is 0.685. The molecular formula is C22H25N3O4S. The highest BCUT2D eigenvalue weighted by Crippen LogP contribution is 2.35. The Morgan fingerprint density at radius 2 is 2.00 bits per heavy atom. The molecule has 0 saturated carbocycles. The van der Waals surface area contributed by atoms with Gasteiger partial charge in [-0.25, -0.2) is 4.98 Å². The molecule has 1 aliphatic rings. The molecule has 2 aromatic carbocycles. The molecule has 1 aliphatic heterocycles. The number of thiazole rings is 1. The van der Waals surface area contributed by atoms with Crippen LogP contribution in [-0.4, -0.2) is 56.4 Å². The summed E-state index contributed by atoms with van der Waals surface area (Å²) < 4.78 is 17.5. The normalized spacial score (nSPS) is 12.5. The highest BCUT2D eigenvalue weighted by atomic mass is 32.1. The van der Waals surface area contributed by atoms with Gasteiger partial charge in [-0.15, -0.1) is 0 Å². The Bertz CT molecular complexity index is 1050. The first-order chi connectivity index (χ1) is 14.5. The first-order valence-electron chi connectivity index (χ1n) is 9.91. The van der Waals surface area contributed by atoms with Crippen molar-refractivity contribution in [1.29, 1.82) is 0 Å². The summed E-state index contributed by atoms with van der Waals surface area (Å²) in [7, 11) is 3.98. The number of rotatable bonds is 8. The van der Waals surface area contributed by atoms with E-state index in [1.165, 1.54) is 11.3 Å². The zero-order valence-corrected chi connectivity index (χ0v) is 18.2. The molecule has 0 aliphatic carbocycles. The number of nitrogens with zero attached hydrogens (tertiary/aromatic N) is 3. The monoisotopic (exact) mass is 427 g/mol. The topological polar surface area (TPSA) is 64.1 Å². The van der Waals surface area contributed by atoms with E-state index in [0.29, 0.717) is 29.8 Å². The summed E-state index contributed by atoms with van der Waals surface area (Å²) in [5.74, 6) is 2.13. The smallest absolute Gasteiger partial charge is 0.233 e. The molecule has 0 saturated heterocycles. The van der Waals surface area contributed by atoms with E-state index in [1.807, 2.05) is 57.4 Å². The van der Waals surface area contributed by atoms with Crippen molar-refractivity contribution in [1.82, 2.24) is 9.88 Å². The van der Waals surface area contributed by atoms with Gasteiger partial charge >= 0.3 is 0 Å². The number of hydrogen-bond donors (Lipinski definition) is 0. The van der Waals surface area contributed by atoms with Crippen molar-refractivity contribution in [2.75, 3.05) is 45.5 Å². The minimum atomic E-state index is -0.00673. The molecule has 1 amide bonds. The molecule has 0 bridgehead atoms. The summed E-state index contributed by atoms with van der Waals surface area (Å²) in [4.78, 5) is 21.9. The van der Waals surface area contributed by atoms with Gasteiger partial charge in [0.2, 0.25) is 12.7 Å². The van der Waals surface area contributed by atoms with E-state index in [-0.39, 0.29) is 19.1 Å². The van der Waals surface area contributed by atoms with Gasteiger partial charge in [0.1, 0.15) is 11.3 Å². The average Bonchev–Trinajstić information content (AvgIpc) is 3.35. The summed E-state index contributed by atoms with van der Waals surface area (Å²) >= 11 is 1.51. The molecule has 158 valence electrons. The number of amides is 1. The quantitative estimate of drug-likeness (QED) is 0.548. The van der Waals surface area contributed by atoms with Crippen LogP contribution in [0.5, 0.6) is 17.2 Å². The zero-order chi connectivity index (χ0) is 21.1. The van der Waals surface area contributed by atoms with Gasteiger partial charge in [-0.3, -0.25) is 9.69 Å². The lowest BCUT2D eigenvalue weighted by molar-refractivity contribution is -0.118. The second-order valence-electron chi connectivity index (χ2n) is 7.25. The fourth-order valence-corrected chi connectivity index (χ4v) is 4.27. The second kappa shape index (κ2) is 8.89. The molecule has 7 nitrogen and oxygen atoms in total. The Labute approximate surface area is 179 Å². The van der Waals surface area contributed by atoms with E-state index in [2.05, 4.69) is 4.90 Å². The van der Waals surface area contributed by atoms with Gasteiger partial charge in [-0.1, -0.05) is 23.5 Å². The summed E-state index contributed by atoms with van der Waals surface area (Å²) in [5.41, 5.74) is 1.68. The van der Waals surface area contributed by atoms with Gasteiger partial charge in [-0.2, -0.15) is 0 Å². The summed E-state index contributed by atoms with van der Waals surface area (Å²) in [6.07, 6.45) is 0.262. The Hall–Kier alpha value is -2.84.